The van der Waals surface area contributed by atoms with Gasteiger partial charge in [0, 0.05) is 29.1 Å². The van der Waals surface area contributed by atoms with E-state index in [1.165, 1.54) is 0 Å². The van der Waals surface area contributed by atoms with Crippen molar-refractivity contribution in [3.63, 3.8) is 0 Å². The van der Waals surface area contributed by atoms with Crippen LogP contribution in [0.25, 0.3) is 0 Å². The molecule has 2 aromatic carbocycles. The van der Waals surface area contributed by atoms with E-state index in [4.69, 9.17) is 21.1 Å². The summed E-state index contributed by atoms with van der Waals surface area (Å²) in [7, 11) is 0. The molecule has 1 aliphatic rings. The van der Waals surface area contributed by atoms with Crippen LogP contribution in [0.4, 0.5) is 0 Å². The molecule has 1 saturated heterocycles. The zero-order valence-corrected chi connectivity index (χ0v) is 17.0. The molecule has 1 heterocycles. The van der Waals surface area contributed by atoms with Gasteiger partial charge in [0.1, 0.15) is 11.5 Å². The Hall–Kier alpha value is -1.85. The zero-order chi connectivity index (χ0) is 19.1. The van der Waals surface area contributed by atoms with Gasteiger partial charge in [-0.15, -0.1) is 0 Å². The third-order valence-corrected chi connectivity index (χ3v) is 6.10. The highest BCUT2D eigenvalue weighted by atomic mass is 35.5. The van der Waals surface area contributed by atoms with Gasteiger partial charge in [-0.3, -0.25) is 4.79 Å². The van der Waals surface area contributed by atoms with Crippen molar-refractivity contribution in [2.75, 3.05) is 32.1 Å². The fourth-order valence-electron chi connectivity index (χ4n) is 3.04. The summed E-state index contributed by atoms with van der Waals surface area (Å²) in [5.41, 5.74) is 1.16. The van der Waals surface area contributed by atoms with E-state index in [2.05, 4.69) is 6.07 Å². The highest BCUT2D eigenvalue weighted by Gasteiger charge is 2.23. The molecule has 4 nitrogen and oxygen atoms in total. The number of benzene rings is 2. The molecule has 1 fully saturated rings. The third kappa shape index (κ3) is 5.56. The molecule has 0 bridgehead atoms. The van der Waals surface area contributed by atoms with Crippen molar-refractivity contribution in [2.24, 2.45) is 0 Å². The molecule has 0 spiro atoms. The summed E-state index contributed by atoms with van der Waals surface area (Å²) in [5, 5.41) is 1.12. The van der Waals surface area contributed by atoms with Gasteiger partial charge in [0.25, 0.3) is 5.91 Å². The molecular weight excluding hydrogens is 382 g/mol. The molecule has 27 heavy (non-hydrogen) atoms. The van der Waals surface area contributed by atoms with Crippen LogP contribution in [0.15, 0.2) is 48.5 Å². The monoisotopic (exact) mass is 405 g/mol. The first-order chi connectivity index (χ1) is 13.2. The number of halogens is 1. The van der Waals surface area contributed by atoms with Gasteiger partial charge in [0.15, 0.2) is 6.61 Å². The molecular formula is C21H24ClNO3S. The van der Waals surface area contributed by atoms with Crippen molar-refractivity contribution >= 4 is 29.3 Å². The number of carbonyl (C=O) groups is 1. The van der Waals surface area contributed by atoms with Crippen molar-refractivity contribution in [3.05, 3.63) is 59.1 Å². The Morgan fingerprint density at radius 3 is 2.52 bits per heavy atom. The van der Waals surface area contributed by atoms with Crippen LogP contribution >= 0.6 is 23.4 Å². The van der Waals surface area contributed by atoms with Gasteiger partial charge in [-0.05, 0) is 49.2 Å². The highest BCUT2D eigenvalue weighted by Crippen LogP contribution is 2.37. The van der Waals surface area contributed by atoms with Gasteiger partial charge >= 0.3 is 0 Å². The Morgan fingerprint density at radius 1 is 1.11 bits per heavy atom. The molecule has 2 aromatic rings. The number of hydrogen-bond acceptors (Lipinski definition) is 4. The van der Waals surface area contributed by atoms with Crippen LogP contribution in [0.5, 0.6) is 11.5 Å². The third-order valence-electron chi connectivity index (χ3n) is 4.44. The van der Waals surface area contributed by atoms with Crippen molar-refractivity contribution in [1.82, 2.24) is 4.90 Å². The van der Waals surface area contributed by atoms with Crippen molar-refractivity contribution in [1.29, 1.82) is 0 Å². The highest BCUT2D eigenvalue weighted by molar-refractivity contribution is 7.99. The number of amides is 1. The minimum atomic E-state index is 0.0179. The predicted octanol–water partition coefficient (Wildman–Crippen LogP) is 4.82. The summed E-state index contributed by atoms with van der Waals surface area (Å²) in [4.78, 5) is 14.4. The summed E-state index contributed by atoms with van der Waals surface area (Å²) in [6.45, 7) is 4.07. The molecule has 3 rings (SSSR count). The summed E-state index contributed by atoms with van der Waals surface area (Å²) in [5.74, 6) is 2.38. The number of thioether (sulfide) groups is 1. The molecule has 6 heteroatoms. The second kappa shape index (κ2) is 9.90. The molecule has 1 amide bonds. The molecule has 1 atom stereocenters. The summed E-state index contributed by atoms with van der Waals surface area (Å²) in [6.07, 6.45) is 0.892. The first kappa shape index (κ1) is 19.9. The average Bonchev–Trinajstić information content (AvgIpc) is 2.94. The van der Waals surface area contributed by atoms with E-state index in [1.807, 2.05) is 66.1 Å². The van der Waals surface area contributed by atoms with Crippen molar-refractivity contribution in [2.45, 2.75) is 18.6 Å². The van der Waals surface area contributed by atoms with E-state index in [0.717, 1.165) is 35.1 Å². The first-order valence-electron chi connectivity index (χ1n) is 9.17. The Labute approximate surface area is 169 Å². The Bertz CT molecular complexity index is 753. The lowest BCUT2D eigenvalue weighted by Gasteiger charge is -2.20. The maximum absolute atomic E-state index is 12.5. The molecule has 144 valence electrons. The summed E-state index contributed by atoms with van der Waals surface area (Å²) in [6, 6.07) is 15.3. The number of carbonyl (C=O) groups excluding carboxylic acids is 1. The van der Waals surface area contributed by atoms with Crippen LogP contribution in [0.2, 0.25) is 5.02 Å². The van der Waals surface area contributed by atoms with Crippen LogP contribution in [-0.2, 0) is 4.79 Å². The topological polar surface area (TPSA) is 38.8 Å². The lowest BCUT2D eigenvalue weighted by atomic mass is 10.1. The maximum Gasteiger partial charge on any atom is 0.260 e. The number of rotatable bonds is 6. The Morgan fingerprint density at radius 2 is 1.81 bits per heavy atom. The van der Waals surface area contributed by atoms with Crippen molar-refractivity contribution in [3.8, 4) is 11.5 Å². The SMILES string of the molecule is CCOc1ccc(OCC(=O)N2CCSC(c3ccccc3Cl)CC2)cc1. The van der Waals surface area contributed by atoms with Gasteiger partial charge in [-0.1, -0.05) is 29.8 Å². The second-order valence-corrected chi connectivity index (χ2v) is 7.96. The minimum absolute atomic E-state index is 0.0179. The number of nitrogens with zero attached hydrogens (tertiary/aromatic N) is 1. The van der Waals surface area contributed by atoms with E-state index in [9.17, 15) is 4.79 Å². The summed E-state index contributed by atoms with van der Waals surface area (Å²) < 4.78 is 11.1. The van der Waals surface area contributed by atoms with Crippen LogP contribution < -0.4 is 9.47 Å². The normalized spacial score (nSPS) is 17.3. The lowest BCUT2D eigenvalue weighted by Crippen LogP contribution is -2.36. The molecule has 0 aromatic heterocycles. The minimum Gasteiger partial charge on any atom is -0.494 e. The van der Waals surface area contributed by atoms with E-state index < -0.39 is 0 Å². The largest absolute Gasteiger partial charge is 0.494 e. The molecule has 0 aliphatic carbocycles. The number of ether oxygens (including phenoxy) is 2. The van der Waals surface area contributed by atoms with E-state index >= 15 is 0 Å². The fourth-order valence-corrected chi connectivity index (χ4v) is 4.64. The quantitative estimate of drug-likeness (QED) is 0.690. The lowest BCUT2D eigenvalue weighted by molar-refractivity contribution is -0.133. The van der Waals surface area contributed by atoms with Crippen molar-refractivity contribution < 1.29 is 14.3 Å². The molecule has 0 radical (unpaired) electrons. The van der Waals surface area contributed by atoms with Gasteiger partial charge in [-0.2, -0.15) is 11.8 Å². The predicted molar refractivity (Wildman–Crippen MR) is 111 cm³/mol. The van der Waals surface area contributed by atoms with Crippen LogP contribution in [-0.4, -0.2) is 42.9 Å². The smallest absolute Gasteiger partial charge is 0.260 e. The van der Waals surface area contributed by atoms with Gasteiger partial charge in [0.05, 0.1) is 6.61 Å². The molecule has 0 saturated carbocycles. The van der Waals surface area contributed by atoms with Crippen LogP contribution in [0.1, 0.15) is 24.2 Å². The van der Waals surface area contributed by atoms with E-state index in [1.54, 1.807) is 0 Å². The van der Waals surface area contributed by atoms with Gasteiger partial charge in [0.2, 0.25) is 0 Å². The Kier molecular flexibility index (Phi) is 7.30. The average molecular weight is 406 g/mol. The van der Waals surface area contributed by atoms with Gasteiger partial charge in [-0.25, -0.2) is 0 Å². The van der Waals surface area contributed by atoms with E-state index in [-0.39, 0.29) is 12.5 Å². The fraction of sp³-hybridized carbons (Fsp3) is 0.381. The second-order valence-electron chi connectivity index (χ2n) is 6.24. The molecule has 0 N–H and O–H groups in total. The van der Waals surface area contributed by atoms with Gasteiger partial charge < -0.3 is 14.4 Å². The molecule has 1 unspecified atom stereocenters. The van der Waals surface area contributed by atoms with E-state index in [0.29, 0.717) is 24.2 Å². The zero-order valence-electron chi connectivity index (χ0n) is 15.4. The Balaban J connectivity index is 1.51. The first-order valence-corrected chi connectivity index (χ1v) is 10.6. The summed E-state index contributed by atoms with van der Waals surface area (Å²) >= 11 is 8.20. The molecule has 1 aliphatic heterocycles. The standard InChI is InChI=1S/C21H24ClNO3S/c1-2-25-16-7-9-17(10-8-16)26-15-21(24)23-12-11-20(27-14-13-23)18-5-3-4-6-19(18)22/h3-10,20H,2,11-15H2,1H3. The van der Waals surface area contributed by atoms with Crippen LogP contribution in [0.3, 0.4) is 0 Å². The van der Waals surface area contributed by atoms with Crippen LogP contribution in [0, 0.1) is 0 Å². The number of hydrogen-bond donors (Lipinski definition) is 0. The maximum atomic E-state index is 12.5.